The van der Waals surface area contributed by atoms with Crippen molar-refractivity contribution in [1.82, 2.24) is 5.32 Å². The van der Waals surface area contributed by atoms with E-state index in [9.17, 15) is 9.59 Å². The summed E-state index contributed by atoms with van der Waals surface area (Å²) in [7, 11) is 1.37. The molecular weight excluding hydrogens is 170 g/mol. The first-order valence-corrected chi connectivity index (χ1v) is 4.57. The van der Waals surface area contributed by atoms with E-state index in [0.29, 0.717) is 6.42 Å². The van der Waals surface area contributed by atoms with E-state index < -0.39 is 5.41 Å². The van der Waals surface area contributed by atoms with Crippen LogP contribution in [-0.2, 0) is 14.3 Å². The summed E-state index contributed by atoms with van der Waals surface area (Å²) in [6, 6.07) is 0. The molecule has 4 heteroatoms. The summed E-state index contributed by atoms with van der Waals surface area (Å²) in [4.78, 5) is 22.7. The van der Waals surface area contributed by atoms with Crippen LogP contribution in [0.2, 0.25) is 0 Å². The number of carbonyl (C=O) groups excluding carboxylic acids is 2. The lowest BCUT2D eigenvalue weighted by Gasteiger charge is -2.21. The molecule has 2 rings (SSSR count). The van der Waals surface area contributed by atoms with Gasteiger partial charge in [0.05, 0.1) is 18.4 Å². The van der Waals surface area contributed by atoms with Gasteiger partial charge in [-0.2, -0.15) is 0 Å². The Balaban J connectivity index is 2.08. The van der Waals surface area contributed by atoms with Crippen LogP contribution in [-0.4, -0.2) is 25.5 Å². The van der Waals surface area contributed by atoms with E-state index in [1.165, 1.54) is 7.11 Å². The van der Waals surface area contributed by atoms with Crippen LogP contribution < -0.4 is 5.32 Å². The number of amides is 1. The Morgan fingerprint density at radius 1 is 1.69 bits per heavy atom. The average Bonchev–Trinajstić information content (AvgIpc) is 2.85. The molecule has 0 aromatic rings. The second-order valence-corrected chi connectivity index (χ2v) is 3.80. The van der Waals surface area contributed by atoms with E-state index >= 15 is 0 Å². The van der Waals surface area contributed by atoms with Crippen molar-refractivity contribution in [1.29, 1.82) is 0 Å². The van der Waals surface area contributed by atoms with Gasteiger partial charge in [0.25, 0.3) is 0 Å². The number of hydrogen-bond acceptors (Lipinski definition) is 3. The molecule has 0 bridgehead atoms. The van der Waals surface area contributed by atoms with Crippen LogP contribution in [0, 0.1) is 11.3 Å². The summed E-state index contributed by atoms with van der Waals surface area (Å²) in [5.74, 6) is -0.385. The van der Waals surface area contributed by atoms with Crippen molar-refractivity contribution in [2.24, 2.45) is 11.3 Å². The van der Waals surface area contributed by atoms with Gasteiger partial charge in [0.1, 0.15) is 0 Å². The van der Waals surface area contributed by atoms with Crippen molar-refractivity contribution >= 4 is 11.9 Å². The molecule has 1 saturated carbocycles. The Labute approximate surface area is 76.6 Å². The molecule has 72 valence electrons. The van der Waals surface area contributed by atoms with Gasteiger partial charge in [0, 0.05) is 6.54 Å². The van der Waals surface area contributed by atoms with Crippen LogP contribution >= 0.6 is 0 Å². The Morgan fingerprint density at radius 3 is 3.08 bits per heavy atom. The minimum Gasteiger partial charge on any atom is -0.469 e. The zero-order valence-corrected chi connectivity index (χ0v) is 7.63. The summed E-state index contributed by atoms with van der Waals surface area (Å²) in [6.07, 6.45) is 2.48. The molecule has 1 spiro atoms. The molecule has 1 aliphatic carbocycles. The Bertz CT molecular complexity index is 264. The summed E-state index contributed by atoms with van der Waals surface area (Å²) >= 11 is 0. The number of methoxy groups -OCH3 is 1. The van der Waals surface area contributed by atoms with Crippen LogP contribution in [0.4, 0.5) is 0 Å². The van der Waals surface area contributed by atoms with Gasteiger partial charge < -0.3 is 10.1 Å². The van der Waals surface area contributed by atoms with Crippen molar-refractivity contribution < 1.29 is 14.3 Å². The van der Waals surface area contributed by atoms with Gasteiger partial charge in [0.2, 0.25) is 5.91 Å². The number of nitrogens with one attached hydrogen (secondary N) is 1. The molecule has 2 unspecified atom stereocenters. The van der Waals surface area contributed by atoms with E-state index in [1.807, 2.05) is 0 Å². The molecule has 2 aliphatic rings. The lowest BCUT2D eigenvalue weighted by molar-refractivity contribution is -0.145. The molecule has 4 nitrogen and oxygen atoms in total. The number of hydrogen-bond donors (Lipinski definition) is 1. The zero-order chi connectivity index (χ0) is 9.47. The zero-order valence-electron chi connectivity index (χ0n) is 7.63. The highest BCUT2D eigenvalue weighted by molar-refractivity contribution is 5.94. The first-order chi connectivity index (χ1) is 6.20. The van der Waals surface area contributed by atoms with Gasteiger partial charge >= 0.3 is 5.97 Å². The van der Waals surface area contributed by atoms with E-state index in [4.69, 9.17) is 0 Å². The molecule has 1 aliphatic heterocycles. The van der Waals surface area contributed by atoms with Gasteiger partial charge in [-0.15, -0.1) is 0 Å². The van der Waals surface area contributed by atoms with Gasteiger partial charge in [-0.3, -0.25) is 9.59 Å². The molecule has 0 aromatic heterocycles. The highest BCUT2D eigenvalue weighted by Crippen LogP contribution is 2.57. The Hall–Kier alpha value is -1.06. The molecule has 1 N–H and O–H groups in total. The average molecular weight is 183 g/mol. The predicted molar refractivity (Wildman–Crippen MR) is 44.8 cm³/mol. The summed E-state index contributed by atoms with van der Waals surface area (Å²) < 4.78 is 4.63. The van der Waals surface area contributed by atoms with Crippen LogP contribution in [0.3, 0.4) is 0 Å². The molecule has 13 heavy (non-hydrogen) atoms. The van der Waals surface area contributed by atoms with Crippen molar-refractivity contribution in [3.05, 3.63) is 0 Å². The third kappa shape index (κ3) is 1.12. The van der Waals surface area contributed by atoms with Crippen molar-refractivity contribution in [2.75, 3.05) is 13.7 Å². The predicted octanol–water partition coefficient (Wildman–Crippen LogP) is 0.0757. The fourth-order valence-electron chi connectivity index (χ4n) is 2.18. The van der Waals surface area contributed by atoms with Crippen LogP contribution in [0.15, 0.2) is 0 Å². The SMILES string of the molecule is COC(=O)C1CC12CCCNC2=O. The second-order valence-electron chi connectivity index (χ2n) is 3.80. The van der Waals surface area contributed by atoms with Crippen LogP contribution in [0.1, 0.15) is 19.3 Å². The molecular formula is C9H13NO3. The monoisotopic (exact) mass is 183 g/mol. The molecule has 1 amide bonds. The summed E-state index contributed by atoms with van der Waals surface area (Å²) in [6.45, 7) is 0.745. The Kier molecular flexibility index (Phi) is 1.78. The first kappa shape index (κ1) is 8.53. The van der Waals surface area contributed by atoms with Gasteiger partial charge in [-0.05, 0) is 19.3 Å². The van der Waals surface area contributed by atoms with Crippen molar-refractivity contribution in [3.63, 3.8) is 0 Å². The molecule has 0 aromatic carbocycles. The maximum absolute atomic E-state index is 11.5. The lowest BCUT2D eigenvalue weighted by Crippen LogP contribution is -2.39. The number of rotatable bonds is 1. The minimum atomic E-state index is -0.397. The fourth-order valence-corrected chi connectivity index (χ4v) is 2.18. The molecule has 1 heterocycles. The van der Waals surface area contributed by atoms with E-state index in [2.05, 4.69) is 10.1 Å². The van der Waals surface area contributed by atoms with Crippen molar-refractivity contribution in [2.45, 2.75) is 19.3 Å². The highest BCUT2D eigenvalue weighted by atomic mass is 16.5. The third-order valence-corrected chi connectivity index (χ3v) is 3.10. The van der Waals surface area contributed by atoms with E-state index in [0.717, 1.165) is 19.4 Å². The Morgan fingerprint density at radius 2 is 2.46 bits per heavy atom. The fraction of sp³-hybridized carbons (Fsp3) is 0.778. The molecule has 0 radical (unpaired) electrons. The normalized spacial score (nSPS) is 37.0. The molecule has 1 saturated heterocycles. The maximum Gasteiger partial charge on any atom is 0.309 e. The highest BCUT2D eigenvalue weighted by Gasteiger charge is 2.64. The van der Waals surface area contributed by atoms with Gasteiger partial charge in [-0.25, -0.2) is 0 Å². The number of esters is 1. The van der Waals surface area contributed by atoms with Crippen LogP contribution in [0.5, 0.6) is 0 Å². The standard InChI is InChI=1S/C9H13NO3/c1-13-7(11)6-5-9(6)3-2-4-10-8(9)12/h6H,2-5H2,1H3,(H,10,12). The minimum absolute atomic E-state index is 0.0363. The number of piperidine rings is 1. The molecule has 2 fully saturated rings. The third-order valence-electron chi connectivity index (χ3n) is 3.10. The topological polar surface area (TPSA) is 55.4 Å². The summed E-state index contributed by atoms with van der Waals surface area (Å²) in [5, 5.41) is 2.80. The lowest BCUT2D eigenvalue weighted by atomic mass is 9.93. The van der Waals surface area contributed by atoms with E-state index in [1.54, 1.807) is 0 Å². The largest absolute Gasteiger partial charge is 0.469 e. The van der Waals surface area contributed by atoms with Gasteiger partial charge in [-0.1, -0.05) is 0 Å². The van der Waals surface area contributed by atoms with E-state index in [-0.39, 0.29) is 17.8 Å². The van der Waals surface area contributed by atoms with Crippen molar-refractivity contribution in [3.8, 4) is 0 Å². The number of carbonyl (C=O) groups is 2. The number of ether oxygens (including phenoxy) is 1. The second kappa shape index (κ2) is 2.72. The van der Waals surface area contributed by atoms with Gasteiger partial charge in [0.15, 0.2) is 0 Å². The smallest absolute Gasteiger partial charge is 0.309 e. The maximum atomic E-state index is 11.5. The first-order valence-electron chi connectivity index (χ1n) is 4.57. The summed E-state index contributed by atoms with van der Waals surface area (Å²) in [5.41, 5.74) is -0.397. The van der Waals surface area contributed by atoms with Crippen LogP contribution in [0.25, 0.3) is 0 Å². The quantitative estimate of drug-likeness (QED) is 0.585. The molecule has 2 atom stereocenters.